The second kappa shape index (κ2) is 7.06. The highest BCUT2D eigenvalue weighted by atomic mass is 35.5. The highest BCUT2D eigenvalue weighted by Crippen LogP contribution is 1.93. The summed E-state index contributed by atoms with van der Waals surface area (Å²) in [6, 6.07) is 0. The molecule has 0 unspecified atom stereocenters. The minimum absolute atomic E-state index is 0.372. The molecule has 1 heterocycles. The molecule has 4 nitrogen and oxygen atoms in total. The van der Waals surface area contributed by atoms with Gasteiger partial charge >= 0.3 is 5.69 Å². The van der Waals surface area contributed by atoms with Gasteiger partial charge in [-0.05, 0) is 13.0 Å². The molecule has 0 bridgehead atoms. The zero-order valence-corrected chi connectivity index (χ0v) is 9.84. The third kappa shape index (κ3) is 3.75. The lowest BCUT2D eigenvalue weighted by Crippen LogP contribution is -2.30. The van der Waals surface area contributed by atoms with Gasteiger partial charge in [-0.25, -0.2) is 4.79 Å². The number of nitrogens with zero attached hydrogens (tertiary/aromatic N) is 1. The number of hydrogen-bond donors (Lipinski definition) is 1. The molecule has 0 radical (unpaired) electrons. The van der Waals surface area contributed by atoms with Crippen LogP contribution in [0.2, 0.25) is 0 Å². The number of aryl methyl sites for hydroxylation is 1. The summed E-state index contributed by atoms with van der Waals surface area (Å²) in [5, 5.41) is 0. The molecule has 1 aromatic heterocycles. The van der Waals surface area contributed by atoms with Crippen molar-refractivity contribution >= 4 is 17.7 Å². The molecule has 0 fully saturated rings. The third-order valence-electron chi connectivity index (χ3n) is 1.62. The molecule has 0 amide bonds. The fourth-order valence-electron chi connectivity index (χ4n) is 0.948. The standard InChI is InChI=1S/C8H9ClN2O2.C2H6/c1-2-11-5-6(3-4-9)7(12)10-8(11)13;1-2/h3-5H,2H2,1H3,(H,10,12,13);1-2H3/b4-3+;. The van der Waals surface area contributed by atoms with Crippen molar-refractivity contribution in [2.45, 2.75) is 27.3 Å². The second-order valence-corrected chi connectivity index (χ2v) is 2.67. The molecule has 0 aliphatic rings. The van der Waals surface area contributed by atoms with Crippen LogP contribution in [0.1, 0.15) is 26.3 Å². The number of H-pyrrole nitrogens is 1. The molecule has 0 saturated carbocycles. The molecular weight excluding hydrogens is 216 g/mol. The summed E-state index contributed by atoms with van der Waals surface area (Å²) >= 11 is 5.32. The average Bonchev–Trinajstić information content (AvgIpc) is 2.25. The summed E-state index contributed by atoms with van der Waals surface area (Å²) in [5.74, 6) is 0. The van der Waals surface area contributed by atoms with Crippen molar-refractivity contribution in [3.8, 4) is 0 Å². The highest BCUT2D eigenvalue weighted by Gasteiger charge is 1.99. The zero-order valence-electron chi connectivity index (χ0n) is 9.08. The average molecular weight is 231 g/mol. The van der Waals surface area contributed by atoms with Gasteiger partial charge < -0.3 is 4.57 Å². The van der Waals surface area contributed by atoms with Crippen LogP contribution in [0.15, 0.2) is 21.3 Å². The van der Waals surface area contributed by atoms with E-state index in [1.807, 2.05) is 20.8 Å². The zero-order chi connectivity index (χ0) is 11.8. The van der Waals surface area contributed by atoms with Gasteiger partial charge in [-0.1, -0.05) is 25.4 Å². The van der Waals surface area contributed by atoms with Crippen molar-refractivity contribution in [3.63, 3.8) is 0 Å². The van der Waals surface area contributed by atoms with Crippen LogP contribution < -0.4 is 11.2 Å². The molecule has 0 aromatic carbocycles. The number of nitrogens with one attached hydrogen (secondary N) is 1. The Morgan fingerprint density at radius 3 is 2.53 bits per heavy atom. The second-order valence-electron chi connectivity index (χ2n) is 2.42. The highest BCUT2D eigenvalue weighted by molar-refractivity contribution is 6.27. The largest absolute Gasteiger partial charge is 0.328 e. The van der Waals surface area contributed by atoms with Gasteiger partial charge in [0.1, 0.15) is 0 Å². The summed E-state index contributed by atoms with van der Waals surface area (Å²) < 4.78 is 1.40. The number of rotatable bonds is 2. The molecule has 0 aliphatic carbocycles. The summed E-state index contributed by atoms with van der Waals surface area (Å²) in [5.41, 5.74) is 0.775. The minimum Gasteiger partial charge on any atom is -0.300 e. The SMILES string of the molecule is CC.CCn1cc(/C=C/Cl)c(=O)[nH]c1=O. The molecule has 0 atom stereocenters. The van der Waals surface area contributed by atoms with Crippen molar-refractivity contribution in [2.75, 3.05) is 0 Å². The summed E-state index contributed by atoms with van der Waals surface area (Å²) in [6.07, 6.45) is 2.91. The van der Waals surface area contributed by atoms with E-state index >= 15 is 0 Å². The number of aromatic nitrogens is 2. The van der Waals surface area contributed by atoms with E-state index in [9.17, 15) is 9.59 Å². The lowest BCUT2D eigenvalue weighted by atomic mass is 10.3. The fourth-order valence-corrected chi connectivity index (χ4v) is 1.08. The fraction of sp³-hybridized carbons (Fsp3) is 0.400. The van der Waals surface area contributed by atoms with Crippen LogP contribution in [0.25, 0.3) is 6.08 Å². The first-order valence-corrected chi connectivity index (χ1v) is 5.23. The van der Waals surface area contributed by atoms with E-state index in [2.05, 4.69) is 4.98 Å². The lowest BCUT2D eigenvalue weighted by Gasteiger charge is -2.00. The van der Waals surface area contributed by atoms with Gasteiger partial charge in [-0.15, -0.1) is 0 Å². The van der Waals surface area contributed by atoms with E-state index in [-0.39, 0.29) is 0 Å². The smallest absolute Gasteiger partial charge is 0.300 e. The molecule has 0 saturated heterocycles. The first-order chi connectivity index (χ1) is 7.19. The van der Waals surface area contributed by atoms with Gasteiger partial charge in [0.05, 0.1) is 5.56 Å². The third-order valence-corrected chi connectivity index (χ3v) is 1.75. The van der Waals surface area contributed by atoms with Gasteiger partial charge in [0.25, 0.3) is 5.56 Å². The normalized spacial score (nSPS) is 9.87. The van der Waals surface area contributed by atoms with Crippen molar-refractivity contribution in [3.05, 3.63) is 38.1 Å². The maximum Gasteiger partial charge on any atom is 0.328 e. The van der Waals surface area contributed by atoms with Gasteiger partial charge in [0, 0.05) is 18.3 Å². The molecule has 84 valence electrons. The predicted molar refractivity (Wildman–Crippen MR) is 63.2 cm³/mol. The Morgan fingerprint density at radius 1 is 1.47 bits per heavy atom. The maximum absolute atomic E-state index is 11.1. The van der Waals surface area contributed by atoms with Crippen LogP contribution >= 0.6 is 11.6 Å². The summed E-state index contributed by atoms with van der Waals surface area (Å²) in [6.45, 7) is 6.33. The van der Waals surface area contributed by atoms with Gasteiger partial charge in [-0.3, -0.25) is 9.78 Å². The summed E-state index contributed by atoms with van der Waals surface area (Å²) in [7, 11) is 0. The first-order valence-electron chi connectivity index (χ1n) is 4.79. The molecule has 0 aliphatic heterocycles. The van der Waals surface area contributed by atoms with Crippen LogP contribution in [-0.4, -0.2) is 9.55 Å². The van der Waals surface area contributed by atoms with Gasteiger partial charge in [0.15, 0.2) is 0 Å². The molecular formula is C10H15ClN2O2. The van der Waals surface area contributed by atoms with Crippen LogP contribution in [0.5, 0.6) is 0 Å². The van der Waals surface area contributed by atoms with Crippen molar-refractivity contribution in [1.29, 1.82) is 0 Å². The van der Waals surface area contributed by atoms with Gasteiger partial charge in [0.2, 0.25) is 0 Å². The Morgan fingerprint density at radius 2 is 2.07 bits per heavy atom. The number of aromatic amines is 1. The monoisotopic (exact) mass is 230 g/mol. The molecule has 1 rings (SSSR count). The van der Waals surface area contributed by atoms with Crippen molar-refractivity contribution < 1.29 is 0 Å². The van der Waals surface area contributed by atoms with E-state index in [4.69, 9.17) is 11.6 Å². The first kappa shape index (κ1) is 13.7. The van der Waals surface area contributed by atoms with Crippen molar-refractivity contribution in [1.82, 2.24) is 9.55 Å². The van der Waals surface area contributed by atoms with Gasteiger partial charge in [-0.2, -0.15) is 0 Å². The van der Waals surface area contributed by atoms with Crippen LogP contribution in [0.4, 0.5) is 0 Å². The molecule has 0 spiro atoms. The predicted octanol–water partition coefficient (Wildman–Crippen LogP) is 1.79. The Kier molecular flexibility index (Phi) is 6.45. The minimum atomic E-state index is -0.424. The van der Waals surface area contributed by atoms with Crippen LogP contribution in [0.3, 0.4) is 0 Å². The number of halogens is 1. The van der Waals surface area contributed by atoms with Crippen LogP contribution in [-0.2, 0) is 6.54 Å². The lowest BCUT2D eigenvalue weighted by molar-refractivity contribution is 0.691. The van der Waals surface area contributed by atoms with E-state index in [0.29, 0.717) is 12.1 Å². The molecule has 5 heteroatoms. The Hall–Kier alpha value is -1.29. The van der Waals surface area contributed by atoms with E-state index in [1.165, 1.54) is 22.4 Å². The maximum atomic E-state index is 11.1. The van der Waals surface area contributed by atoms with Crippen molar-refractivity contribution in [2.24, 2.45) is 0 Å². The molecule has 1 N–H and O–H groups in total. The topological polar surface area (TPSA) is 54.9 Å². The summed E-state index contributed by atoms with van der Waals surface area (Å²) in [4.78, 5) is 24.4. The number of hydrogen-bond acceptors (Lipinski definition) is 2. The Labute approximate surface area is 93.2 Å². The van der Waals surface area contributed by atoms with E-state index in [0.717, 1.165) is 0 Å². The van der Waals surface area contributed by atoms with E-state index in [1.54, 1.807) is 0 Å². The van der Waals surface area contributed by atoms with Crippen LogP contribution in [0, 0.1) is 0 Å². The Balaban J connectivity index is 0.000000921. The quantitative estimate of drug-likeness (QED) is 0.842. The Bertz CT molecular complexity index is 432. The molecule has 1 aromatic rings. The molecule has 15 heavy (non-hydrogen) atoms. The van der Waals surface area contributed by atoms with E-state index < -0.39 is 11.2 Å².